The van der Waals surface area contributed by atoms with E-state index in [0.29, 0.717) is 42.3 Å². The van der Waals surface area contributed by atoms with E-state index in [1.807, 2.05) is 6.07 Å². The smallest absolute Gasteiger partial charge is 0.260 e. The van der Waals surface area contributed by atoms with Crippen LogP contribution >= 0.6 is 11.6 Å². The van der Waals surface area contributed by atoms with Gasteiger partial charge >= 0.3 is 0 Å². The lowest BCUT2D eigenvalue weighted by Gasteiger charge is -2.32. The Morgan fingerprint density at radius 2 is 1.93 bits per heavy atom. The third kappa shape index (κ3) is 4.68. The second-order valence-corrected chi connectivity index (χ2v) is 7.44. The number of carbonyl (C=O) groups is 2. The highest BCUT2D eigenvalue weighted by atomic mass is 35.5. The molecule has 1 fully saturated rings. The first-order valence-corrected chi connectivity index (χ1v) is 9.86. The minimum atomic E-state index is -0.114. The summed E-state index contributed by atoms with van der Waals surface area (Å²) in [4.78, 5) is 33.8. The summed E-state index contributed by atoms with van der Waals surface area (Å²) in [7, 11) is 0. The van der Waals surface area contributed by atoms with Gasteiger partial charge in [0.15, 0.2) is 6.61 Å². The van der Waals surface area contributed by atoms with Crippen LogP contribution in [0.3, 0.4) is 0 Å². The van der Waals surface area contributed by atoms with Gasteiger partial charge in [-0.05, 0) is 55.3 Å². The van der Waals surface area contributed by atoms with E-state index in [-0.39, 0.29) is 24.5 Å². The first-order chi connectivity index (χ1) is 14.1. The third-order valence-corrected chi connectivity index (χ3v) is 5.29. The van der Waals surface area contributed by atoms with Crippen LogP contribution in [0.15, 0.2) is 48.8 Å². The molecule has 150 valence electrons. The van der Waals surface area contributed by atoms with E-state index in [0.717, 1.165) is 11.0 Å². The summed E-state index contributed by atoms with van der Waals surface area (Å²) in [5.41, 5.74) is 2.25. The molecule has 0 bridgehead atoms. The fourth-order valence-electron chi connectivity index (χ4n) is 3.39. The highest BCUT2D eigenvalue weighted by Gasteiger charge is 2.24. The maximum absolute atomic E-state index is 12.5. The maximum atomic E-state index is 12.5. The Morgan fingerprint density at radius 1 is 1.17 bits per heavy atom. The Balaban J connectivity index is 1.24. The zero-order valence-electron chi connectivity index (χ0n) is 15.7. The van der Waals surface area contributed by atoms with Crippen molar-refractivity contribution >= 4 is 34.4 Å². The van der Waals surface area contributed by atoms with Gasteiger partial charge in [-0.15, -0.1) is 0 Å². The van der Waals surface area contributed by atoms with Crippen LogP contribution in [0, 0.1) is 0 Å². The van der Waals surface area contributed by atoms with Gasteiger partial charge in [0.05, 0.1) is 17.4 Å². The van der Waals surface area contributed by atoms with E-state index in [9.17, 15) is 9.59 Å². The number of nitrogens with zero attached hydrogens (tertiary/aromatic N) is 2. The van der Waals surface area contributed by atoms with Crippen LogP contribution in [0.4, 0.5) is 0 Å². The highest BCUT2D eigenvalue weighted by molar-refractivity contribution is 6.30. The number of imidazole rings is 1. The number of H-pyrrole nitrogens is 1. The number of benzene rings is 2. The first-order valence-electron chi connectivity index (χ1n) is 9.48. The van der Waals surface area contributed by atoms with E-state index in [2.05, 4.69) is 15.3 Å². The monoisotopic (exact) mass is 412 g/mol. The van der Waals surface area contributed by atoms with Gasteiger partial charge in [0.2, 0.25) is 0 Å². The third-order valence-electron chi connectivity index (χ3n) is 5.04. The highest BCUT2D eigenvalue weighted by Crippen LogP contribution is 2.17. The van der Waals surface area contributed by atoms with Gasteiger partial charge in [0.25, 0.3) is 11.8 Å². The fourth-order valence-corrected chi connectivity index (χ4v) is 3.51. The van der Waals surface area contributed by atoms with Gasteiger partial charge in [0, 0.05) is 29.7 Å². The number of aromatic nitrogens is 2. The molecule has 0 unspecified atom stereocenters. The lowest BCUT2D eigenvalue weighted by Crippen LogP contribution is -2.47. The second kappa shape index (κ2) is 8.53. The van der Waals surface area contributed by atoms with Crippen LogP contribution in [0.25, 0.3) is 11.0 Å². The number of amides is 2. The van der Waals surface area contributed by atoms with Crippen molar-refractivity contribution in [2.24, 2.45) is 0 Å². The predicted octanol–water partition coefficient (Wildman–Crippen LogP) is 3.02. The second-order valence-electron chi connectivity index (χ2n) is 7.01. The Kier molecular flexibility index (Phi) is 5.67. The molecule has 4 rings (SSSR count). The number of fused-ring (bicyclic) bond motifs is 1. The molecule has 2 heterocycles. The topological polar surface area (TPSA) is 87.3 Å². The molecule has 0 radical (unpaired) electrons. The molecule has 0 atom stereocenters. The fraction of sp³-hybridized carbons (Fsp3) is 0.286. The van der Waals surface area contributed by atoms with Crippen LogP contribution in [-0.2, 0) is 4.79 Å². The lowest BCUT2D eigenvalue weighted by molar-refractivity contribution is -0.134. The summed E-state index contributed by atoms with van der Waals surface area (Å²) < 4.78 is 5.53. The predicted molar refractivity (Wildman–Crippen MR) is 110 cm³/mol. The minimum absolute atomic E-state index is 0.0111. The molecule has 2 aromatic carbocycles. The molecule has 3 aromatic rings. The van der Waals surface area contributed by atoms with E-state index in [1.54, 1.807) is 47.6 Å². The van der Waals surface area contributed by atoms with Crippen molar-refractivity contribution in [1.29, 1.82) is 0 Å². The van der Waals surface area contributed by atoms with E-state index in [4.69, 9.17) is 16.3 Å². The summed E-state index contributed by atoms with van der Waals surface area (Å²) in [6, 6.07) is 12.3. The normalized spacial score (nSPS) is 14.7. The van der Waals surface area contributed by atoms with Crippen LogP contribution < -0.4 is 10.1 Å². The maximum Gasteiger partial charge on any atom is 0.260 e. The number of nitrogens with one attached hydrogen (secondary N) is 2. The molecule has 0 saturated carbocycles. The molecule has 1 saturated heterocycles. The molecule has 1 aliphatic rings. The number of hydrogen-bond donors (Lipinski definition) is 2. The van der Waals surface area contributed by atoms with Gasteiger partial charge in [-0.25, -0.2) is 4.98 Å². The van der Waals surface area contributed by atoms with Crippen molar-refractivity contribution in [3.05, 3.63) is 59.4 Å². The number of likely N-dealkylation sites (tertiary alicyclic amines) is 1. The van der Waals surface area contributed by atoms with Gasteiger partial charge in [0.1, 0.15) is 5.75 Å². The average Bonchev–Trinajstić information content (AvgIpc) is 3.21. The number of carbonyl (C=O) groups excluding carboxylic acids is 2. The molecule has 7 nitrogen and oxygen atoms in total. The van der Waals surface area contributed by atoms with E-state index < -0.39 is 0 Å². The number of aromatic amines is 1. The Morgan fingerprint density at radius 3 is 2.69 bits per heavy atom. The quantitative estimate of drug-likeness (QED) is 0.674. The number of halogens is 1. The van der Waals surface area contributed by atoms with Crippen molar-refractivity contribution in [3.8, 4) is 5.75 Å². The van der Waals surface area contributed by atoms with Crippen molar-refractivity contribution in [1.82, 2.24) is 20.2 Å². The molecule has 8 heteroatoms. The average molecular weight is 413 g/mol. The zero-order chi connectivity index (χ0) is 20.2. The summed E-state index contributed by atoms with van der Waals surface area (Å²) in [6.07, 6.45) is 3.03. The van der Waals surface area contributed by atoms with Gasteiger partial charge in [-0.3, -0.25) is 9.59 Å². The Bertz CT molecular complexity index is 1010. The number of piperidine rings is 1. The van der Waals surface area contributed by atoms with Gasteiger partial charge < -0.3 is 19.9 Å². The standard InChI is InChI=1S/C21H21ClN4O3/c22-15-2-4-17(5-3-15)29-12-20(27)26-9-7-16(8-10-26)25-21(28)14-1-6-18-19(11-14)24-13-23-18/h1-6,11,13,16H,7-10,12H2,(H,23,24)(H,25,28). The zero-order valence-corrected chi connectivity index (χ0v) is 16.5. The van der Waals surface area contributed by atoms with Gasteiger partial charge in [-0.1, -0.05) is 11.6 Å². The molecular weight excluding hydrogens is 392 g/mol. The molecule has 2 amide bonds. The van der Waals surface area contributed by atoms with Crippen molar-refractivity contribution in [2.45, 2.75) is 18.9 Å². The number of rotatable bonds is 5. The largest absolute Gasteiger partial charge is 0.484 e. The van der Waals surface area contributed by atoms with Crippen molar-refractivity contribution in [3.63, 3.8) is 0 Å². The lowest BCUT2D eigenvalue weighted by atomic mass is 10.0. The van der Waals surface area contributed by atoms with Crippen LogP contribution in [0.2, 0.25) is 5.02 Å². The van der Waals surface area contributed by atoms with Crippen LogP contribution in [-0.4, -0.2) is 52.4 Å². The minimum Gasteiger partial charge on any atom is -0.484 e. The summed E-state index contributed by atoms with van der Waals surface area (Å²) in [6.45, 7) is 1.17. The molecule has 0 spiro atoms. The summed E-state index contributed by atoms with van der Waals surface area (Å²) in [5, 5.41) is 3.68. The van der Waals surface area contributed by atoms with Crippen molar-refractivity contribution < 1.29 is 14.3 Å². The Hall–Kier alpha value is -3.06. The SMILES string of the molecule is O=C(NC1CCN(C(=O)COc2ccc(Cl)cc2)CC1)c1ccc2nc[nH]c2c1. The molecular formula is C21H21ClN4O3. The molecule has 29 heavy (non-hydrogen) atoms. The molecule has 2 N–H and O–H groups in total. The van der Waals surface area contributed by atoms with E-state index in [1.165, 1.54) is 0 Å². The first kappa shape index (κ1) is 19.3. The number of hydrogen-bond acceptors (Lipinski definition) is 4. The summed E-state index contributed by atoms with van der Waals surface area (Å²) >= 11 is 5.84. The molecule has 0 aliphatic carbocycles. The van der Waals surface area contributed by atoms with Crippen LogP contribution in [0.1, 0.15) is 23.2 Å². The van der Waals surface area contributed by atoms with E-state index >= 15 is 0 Å². The molecule has 1 aliphatic heterocycles. The van der Waals surface area contributed by atoms with Crippen LogP contribution in [0.5, 0.6) is 5.75 Å². The van der Waals surface area contributed by atoms with Gasteiger partial charge in [-0.2, -0.15) is 0 Å². The molecule has 1 aromatic heterocycles. The van der Waals surface area contributed by atoms with Crippen molar-refractivity contribution in [2.75, 3.05) is 19.7 Å². The number of ether oxygens (including phenoxy) is 1. The Labute approximate surface area is 173 Å². The summed E-state index contributed by atoms with van der Waals surface area (Å²) in [5.74, 6) is 0.436.